The Bertz CT molecular complexity index is 532. The van der Waals surface area contributed by atoms with Crippen LogP contribution in [0.4, 0.5) is 13.2 Å². The van der Waals surface area contributed by atoms with Gasteiger partial charge < -0.3 is 20.5 Å². The smallest absolute Gasteiger partial charge is 0.416 e. The number of halogens is 3. The summed E-state index contributed by atoms with van der Waals surface area (Å²) in [6, 6.07) is 3.66. The standard InChI is InChI=1S/C13H16F3N3O2/c1-20-11-3-8(2-9(4-11)13(14,15)16)5-18-6-10-7-21-12(17)19-10/h2-4,10,18H,5-7H2,1H3,(H2,17,19)/t10-/m0/s1. The van der Waals surface area contributed by atoms with Gasteiger partial charge in [0.2, 0.25) is 0 Å². The Hall–Kier alpha value is -1.96. The minimum absolute atomic E-state index is 0.113. The van der Waals surface area contributed by atoms with Crippen LogP contribution in [0.25, 0.3) is 0 Å². The quantitative estimate of drug-likeness (QED) is 0.865. The Morgan fingerprint density at radius 1 is 1.43 bits per heavy atom. The van der Waals surface area contributed by atoms with Crippen LogP contribution in [-0.4, -0.2) is 32.3 Å². The SMILES string of the molecule is COc1cc(CNC[C@H]2COC(N)=N2)cc(C(F)(F)F)c1. The van der Waals surface area contributed by atoms with Crippen LogP contribution in [0.2, 0.25) is 0 Å². The van der Waals surface area contributed by atoms with Gasteiger partial charge >= 0.3 is 6.18 Å². The number of alkyl halides is 3. The van der Waals surface area contributed by atoms with Gasteiger partial charge in [0.1, 0.15) is 18.4 Å². The van der Waals surface area contributed by atoms with E-state index in [0.29, 0.717) is 18.7 Å². The van der Waals surface area contributed by atoms with Crippen LogP contribution in [-0.2, 0) is 17.5 Å². The van der Waals surface area contributed by atoms with Crippen molar-refractivity contribution >= 4 is 6.02 Å². The predicted octanol–water partition coefficient (Wildman–Crippen LogP) is 1.52. The van der Waals surface area contributed by atoms with Crippen LogP contribution in [0.5, 0.6) is 5.75 Å². The fourth-order valence-electron chi connectivity index (χ4n) is 1.97. The molecule has 0 unspecified atom stereocenters. The summed E-state index contributed by atoms with van der Waals surface area (Å²) < 4.78 is 48.2. The number of rotatable bonds is 5. The average molecular weight is 303 g/mol. The number of benzene rings is 1. The molecule has 0 spiro atoms. The highest BCUT2D eigenvalue weighted by Gasteiger charge is 2.31. The molecule has 1 aliphatic heterocycles. The summed E-state index contributed by atoms with van der Waals surface area (Å²) in [6.07, 6.45) is -4.40. The maximum absolute atomic E-state index is 12.8. The summed E-state index contributed by atoms with van der Waals surface area (Å²) in [4.78, 5) is 4.02. The summed E-state index contributed by atoms with van der Waals surface area (Å²) in [7, 11) is 1.33. The van der Waals surface area contributed by atoms with Crippen LogP contribution in [0.15, 0.2) is 23.2 Å². The zero-order chi connectivity index (χ0) is 15.5. The molecule has 0 bridgehead atoms. The lowest BCUT2D eigenvalue weighted by atomic mass is 10.1. The lowest BCUT2D eigenvalue weighted by Gasteiger charge is -2.13. The molecular weight excluding hydrogens is 287 g/mol. The summed E-state index contributed by atoms with van der Waals surface area (Å²) >= 11 is 0. The highest BCUT2D eigenvalue weighted by molar-refractivity contribution is 5.73. The summed E-state index contributed by atoms with van der Waals surface area (Å²) in [5, 5.41) is 3.03. The van der Waals surface area contributed by atoms with Crippen LogP contribution in [0.1, 0.15) is 11.1 Å². The van der Waals surface area contributed by atoms with Crippen molar-refractivity contribution in [1.82, 2.24) is 5.32 Å². The van der Waals surface area contributed by atoms with Crippen molar-refractivity contribution in [2.24, 2.45) is 10.7 Å². The third-order valence-electron chi connectivity index (χ3n) is 2.97. The molecule has 1 aromatic rings. The highest BCUT2D eigenvalue weighted by Crippen LogP contribution is 2.32. The highest BCUT2D eigenvalue weighted by atomic mass is 19.4. The van der Waals surface area contributed by atoms with Crippen molar-refractivity contribution in [2.45, 2.75) is 18.8 Å². The zero-order valence-corrected chi connectivity index (χ0v) is 11.4. The monoisotopic (exact) mass is 303 g/mol. The Labute approximate surface area is 119 Å². The van der Waals surface area contributed by atoms with Crippen LogP contribution >= 0.6 is 0 Å². The van der Waals surface area contributed by atoms with Gasteiger partial charge in [-0.3, -0.25) is 0 Å². The molecule has 21 heavy (non-hydrogen) atoms. The number of methoxy groups -OCH3 is 1. The van der Waals surface area contributed by atoms with E-state index in [1.165, 1.54) is 7.11 Å². The van der Waals surface area contributed by atoms with E-state index in [1.807, 2.05) is 0 Å². The molecular formula is C13H16F3N3O2. The van der Waals surface area contributed by atoms with E-state index in [9.17, 15) is 13.2 Å². The molecule has 1 atom stereocenters. The van der Waals surface area contributed by atoms with Gasteiger partial charge in [-0.25, -0.2) is 4.99 Å². The largest absolute Gasteiger partial charge is 0.497 e. The number of nitrogens with one attached hydrogen (secondary N) is 1. The molecule has 0 fully saturated rings. The maximum Gasteiger partial charge on any atom is 0.416 e. The molecule has 0 aliphatic carbocycles. The lowest BCUT2D eigenvalue weighted by molar-refractivity contribution is -0.137. The first-order valence-electron chi connectivity index (χ1n) is 6.30. The van der Waals surface area contributed by atoms with Crippen molar-refractivity contribution in [2.75, 3.05) is 20.3 Å². The van der Waals surface area contributed by atoms with Gasteiger partial charge in [-0.15, -0.1) is 0 Å². The summed E-state index contributed by atoms with van der Waals surface area (Å²) in [5.74, 6) is 0.174. The minimum Gasteiger partial charge on any atom is -0.497 e. The number of nitrogens with two attached hydrogens (primary N) is 1. The molecule has 0 saturated carbocycles. The predicted molar refractivity (Wildman–Crippen MR) is 71.1 cm³/mol. The Balaban J connectivity index is 1.99. The molecule has 1 aliphatic rings. The second-order valence-electron chi connectivity index (χ2n) is 4.63. The summed E-state index contributed by atoms with van der Waals surface area (Å²) in [6.45, 7) is 1.12. The molecule has 1 aromatic carbocycles. The Kier molecular flexibility index (Phi) is 4.56. The molecule has 116 valence electrons. The molecule has 3 N–H and O–H groups in total. The number of hydrogen-bond acceptors (Lipinski definition) is 5. The van der Waals surface area contributed by atoms with E-state index in [2.05, 4.69) is 10.3 Å². The van der Waals surface area contributed by atoms with Gasteiger partial charge in [-0.2, -0.15) is 13.2 Å². The molecule has 0 saturated heterocycles. The number of hydrogen-bond donors (Lipinski definition) is 2. The van der Waals surface area contributed by atoms with E-state index in [1.54, 1.807) is 6.07 Å². The van der Waals surface area contributed by atoms with Crippen LogP contribution < -0.4 is 15.8 Å². The van der Waals surface area contributed by atoms with E-state index >= 15 is 0 Å². The van der Waals surface area contributed by atoms with Crippen molar-refractivity contribution in [3.8, 4) is 5.75 Å². The molecule has 0 amide bonds. The number of nitrogens with zero attached hydrogens (tertiary/aromatic N) is 1. The number of ether oxygens (including phenoxy) is 2. The molecule has 2 rings (SSSR count). The Morgan fingerprint density at radius 2 is 2.19 bits per heavy atom. The van der Waals surface area contributed by atoms with Crippen molar-refractivity contribution in [3.05, 3.63) is 29.3 Å². The van der Waals surface area contributed by atoms with E-state index in [0.717, 1.165) is 12.1 Å². The fraction of sp³-hybridized carbons (Fsp3) is 0.462. The molecule has 0 radical (unpaired) electrons. The van der Waals surface area contributed by atoms with Crippen molar-refractivity contribution in [1.29, 1.82) is 0 Å². The van der Waals surface area contributed by atoms with Crippen molar-refractivity contribution < 1.29 is 22.6 Å². The second-order valence-corrected chi connectivity index (χ2v) is 4.63. The van der Waals surface area contributed by atoms with Gasteiger partial charge in [0.15, 0.2) is 0 Å². The summed E-state index contributed by atoms with van der Waals surface area (Å²) in [5.41, 5.74) is 5.12. The lowest BCUT2D eigenvalue weighted by Crippen LogP contribution is -2.26. The molecule has 8 heteroatoms. The van der Waals surface area contributed by atoms with Gasteiger partial charge in [-0.1, -0.05) is 0 Å². The number of aliphatic imine (C=N–C) groups is 1. The number of amidine groups is 1. The first-order chi connectivity index (χ1) is 9.88. The van der Waals surface area contributed by atoms with E-state index < -0.39 is 11.7 Å². The van der Waals surface area contributed by atoms with Crippen LogP contribution in [0.3, 0.4) is 0 Å². The Morgan fingerprint density at radius 3 is 2.76 bits per heavy atom. The fourth-order valence-corrected chi connectivity index (χ4v) is 1.97. The molecule has 1 heterocycles. The third-order valence-corrected chi connectivity index (χ3v) is 2.97. The first-order valence-corrected chi connectivity index (χ1v) is 6.30. The van der Waals surface area contributed by atoms with Gasteiger partial charge in [0.25, 0.3) is 6.02 Å². The molecule has 0 aromatic heterocycles. The van der Waals surface area contributed by atoms with Gasteiger partial charge in [0, 0.05) is 13.1 Å². The second kappa shape index (κ2) is 6.21. The van der Waals surface area contributed by atoms with E-state index in [-0.39, 0.29) is 24.4 Å². The minimum atomic E-state index is -4.40. The topological polar surface area (TPSA) is 68.9 Å². The molecule has 5 nitrogen and oxygen atoms in total. The first kappa shape index (κ1) is 15.4. The zero-order valence-electron chi connectivity index (χ0n) is 11.4. The van der Waals surface area contributed by atoms with Crippen LogP contribution in [0, 0.1) is 0 Å². The van der Waals surface area contributed by atoms with E-state index in [4.69, 9.17) is 15.2 Å². The van der Waals surface area contributed by atoms with Crippen molar-refractivity contribution in [3.63, 3.8) is 0 Å². The van der Waals surface area contributed by atoms with Gasteiger partial charge in [0.05, 0.1) is 12.7 Å². The third kappa shape index (κ3) is 4.25. The average Bonchev–Trinajstić information content (AvgIpc) is 2.83. The maximum atomic E-state index is 12.8. The normalized spacial score (nSPS) is 18.3. The van der Waals surface area contributed by atoms with Gasteiger partial charge in [-0.05, 0) is 23.8 Å².